The Labute approximate surface area is 741 Å². The molecule has 4 amide bonds. The number of carbonyl (C=O) groups is 11. The maximum absolute atomic E-state index is 14.7. The first kappa shape index (κ1) is 93.3. The van der Waals surface area contributed by atoms with Crippen LogP contribution in [-0.4, -0.2) is 101 Å². The van der Waals surface area contributed by atoms with Crippen LogP contribution in [0, 0.1) is 13.8 Å². The Morgan fingerprint density at radius 1 is 0.377 bits per heavy atom. The minimum absolute atomic E-state index is 0.0403. The molecule has 0 aromatic heterocycles. The van der Waals surface area contributed by atoms with E-state index >= 15 is 0 Å². The maximum atomic E-state index is 14.7. The highest BCUT2D eigenvalue weighted by Gasteiger charge is 2.72. The van der Waals surface area contributed by atoms with Crippen molar-refractivity contribution in [2.75, 3.05) is 23.4 Å². The lowest BCUT2D eigenvalue weighted by Crippen LogP contribution is -2.54. The summed E-state index contributed by atoms with van der Waals surface area (Å²) < 4.78 is 109. The van der Waals surface area contributed by atoms with E-state index in [2.05, 4.69) is 106 Å². The van der Waals surface area contributed by atoms with E-state index in [9.17, 15) is 84.2 Å². The fourth-order valence-electron chi connectivity index (χ4n) is 15.3. The van der Waals surface area contributed by atoms with Gasteiger partial charge in [0.1, 0.15) is 23.0 Å². The molecule has 16 rings (SSSR count). The Balaban J connectivity index is 0.000000165. The van der Waals surface area contributed by atoms with E-state index in [1.54, 1.807) is 48.5 Å². The molecule has 12 aromatic carbocycles. The van der Waals surface area contributed by atoms with E-state index in [-0.39, 0.29) is 103 Å². The van der Waals surface area contributed by atoms with Gasteiger partial charge in [0.15, 0.2) is 11.6 Å². The summed E-state index contributed by atoms with van der Waals surface area (Å²) in [4.78, 5) is 152. The van der Waals surface area contributed by atoms with Crippen molar-refractivity contribution >= 4 is 88.3 Å². The van der Waals surface area contributed by atoms with E-state index in [0.717, 1.165) is 50.7 Å². The number of imide groups is 2. The van der Waals surface area contributed by atoms with Gasteiger partial charge in [0, 0.05) is 58.6 Å². The van der Waals surface area contributed by atoms with Gasteiger partial charge in [0.2, 0.25) is 5.41 Å². The molecule has 0 spiro atoms. The SMILES string of the molecule is CC(C)(c1ccc(N)cc1)c1ccc(N)cc1.CCC(=O)c1ccc(C(c2ccc(C(=O)Cc3ccc(C(C)(C)c4ccc(C)cc4)cc3)cc2)(C(F)(F)F)C(F)(F)F)cc1C(=O)O.Cc1ccc(C(C)(C)c2ccc(N3C(=O)c4ccc(Oc5ccc6c(c5)C(=O)N(C)C6=O)cc4C3=O)cc2)cc1.O=C1OC(=O)c2cc(Oc3ccc4c(c3)C(=O)OC4=O)ccc21.O=C=O. The number of hydrogen-bond acceptors (Lipinski definition) is 19. The van der Waals surface area contributed by atoms with Gasteiger partial charge in [-0.1, -0.05) is 205 Å². The van der Waals surface area contributed by atoms with Crippen molar-refractivity contribution in [2.45, 2.75) is 109 Å². The number of nitrogen functional groups attached to an aromatic ring is 2. The molecule has 4 aliphatic heterocycles. The zero-order valence-corrected chi connectivity index (χ0v) is 71.4. The number of aryl methyl sites for hydroxylation is 2. The normalized spacial score (nSPS) is 13.3. The van der Waals surface area contributed by atoms with Gasteiger partial charge in [-0.3, -0.25) is 33.7 Å². The molecule has 0 atom stereocenters. The molecule has 0 saturated carbocycles. The van der Waals surface area contributed by atoms with Crippen LogP contribution in [0.4, 0.5) is 43.4 Å². The largest absolute Gasteiger partial charge is 0.478 e. The van der Waals surface area contributed by atoms with Gasteiger partial charge < -0.3 is 35.5 Å². The molecule has 0 fully saturated rings. The second-order valence-electron chi connectivity index (χ2n) is 32.4. The van der Waals surface area contributed by atoms with Crippen molar-refractivity contribution in [2.24, 2.45) is 0 Å². The summed E-state index contributed by atoms with van der Waals surface area (Å²) in [6.45, 7) is 18.2. The molecule has 0 aliphatic carbocycles. The molecule has 5 N–H and O–H groups in total. The average Bonchev–Trinajstić information content (AvgIpc) is 0.937. The van der Waals surface area contributed by atoms with E-state index in [1.807, 2.05) is 79.7 Å². The fraction of sp³-hybridized carbons (Fsp3) is 0.176. The summed E-state index contributed by atoms with van der Waals surface area (Å²) in [5.41, 5.74) is 15.3. The number of hydrogen-bond donors (Lipinski definition) is 3. The third-order valence-electron chi connectivity index (χ3n) is 23.1. The number of esters is 4. The second kappa shape index (κ2) is 37.0. The number of nitrogens with zero attached hydrogens (tertiary/aromatic N) is 2. The first-order chi connectivity index (χ1) is 61.3. The molecular weight excluding hydrogens is 1680 g/mol. The first-order valence-corrected chi connectivity index (χ1v) is 40.2. The molecule has 0 saturated heterocycles. The van der Waals surface area contributed by atoms with Gasteiger partial charge in [-0.05, 0) is 179 Å². The number of rotatable bonds is 19. The summed E-state index contributed by atoms with van der Waals surface area (Å²) in [7, 11) is 1.43. The first-order valence-electron chi connectivity index (χ1n) is 40.2. The lowest BCUT2D eigenvalue weighted by atomic mass is 9.72. The van der Waals surface area contributed by atoms with Crippen LogP contribution in [0.15, 0.2) is 261 Å². The highest BCUT2D eigenvalue weighted by Crippen LogP contribution is 2.57. The number of Topliss-reactive ketones (excluding diaryl/α,β-unsaturated/α-hetero) is 2. The molecular formula is C102H82F6N4O18. The lowest BCUT2D eigenvalue weighted by Gasteiger charge is -2.38. The third-order valence-corrected chi connectivity index (χ3v) is 23.1. The molecule has 0 radical (unpaired) electrons. The number of carbonyl (C=O) groups excluding carboxylic acids is 12. The van der Waals surface area contributed by atoms with Gasteiger partial charge in [-0.15, -0.1) is 0 Å². The third kappa shape index (κ3) is 18.9. The van der Waals surface area contributed by atoms with Crippen LogP contribution < -0.4 is 25.8 Å². The maximum Gasteiger partial charge on any atom is 0.411 e. The summed E-state index contributed by atoms with van der Waals surface area (Å²) in [5, 5.41) is 9.56. The van der Waals surface area contributed by atoms with Gasteiger partial charge in [-0.25, -0.2) is 28.9 Å². The topological polar surface area (TPSA) is 338 Å². The highest BCUT2D eigenvalue weighted by molar-refractivity contribution is 6.34. The van der Waals surface area contributed by atoms with Crippen molar-refractivity contribution in [3.8, 4) is 23.0 Å². The van der Waals surface area contributed by atoms with Gasteiger partial charge in [-0.2, -0.15) is 35.9 Å². The predicted molar refractivity (Wildman–Crippen MR) is 467 cm³/mol. The molecule has 130 heavy (non-hydrogen) atoms. The van der Waals surface area contributed by atoms with Crippen LogP contribution in [0.3, 0.4) is 0 Å². The van der Waals surface area contributed by atoms with Crippen molar-refractivity contribution in [3.05, 3.63) is 383 Å². The molecule has 12 aromatic rings. The number of carboxylic acids is 1. The van der Waals surface area contributed by atoms with Crippen LogP contribution in [0.5, 0.6) is 23.0 Å². The Morgan fingerprint density at radius 2 is 0.692 bits per heavy atom. The number of amides is 4. The fourth-order valence-corrected chi connectivity index (χ4v) is 15.3. The van der Waals surface area contributed by atoms with Crippen molar-refractivity contribution in [3.63, 3.8) is 0 Å². The molecule has 22 nitrogen and oxygen atoms in total. The van der Waals surface area contributed by atoms with Gasteiger partial charge in [0.05, 0.1) is 55.8 Å². The van der Waals surface area contributed by atoms with Crippen LogP contribution in [0.25, 0.3) is 0 Å². The Bertz CT molecular complexity index is 6420. The van der Waals surface area contributed by atoms with Crippen LogP contribution in [-0.2, 0) is 47.1 Å². The number of aromatic carboxylic acids is 1. The van der Waals surface area contributed by atoms with Crippen molar-refractivity contribution < 1.29 is 113 Å². The summed E-state index contributed by atoms with van der Waals surface area (Å²) >= 11 is 0. The summed E-state index contributed by atoms with van der Waals surface area (Å²) in [6.07, 6.45) is -12.1. The number of alkyl halides is 6. The minimum atomic E-state index is -5.99. The van der Waals surface area contributed by atoms with Crippen molar-refractivity contribution in [1.82, 2.24) is 4.90 Å². The zero-order chi connectivity index (χ0) is 94.6. The summed E-state index contributed by atoms with van der Waals surface area (Å²) in [6, 6.07) is 69.6. The minimum Gasteiger partial charge on any atom is -0.478 e. The van der Waals surface area contributed by atoms with Crippen LogP contribution in [0.1, 0.15) is 230 Å². The van der Waals surface area contributed by atoms with E-state index in [4.69, 9.17) is 30.5 Å². The number of benzene rings is 12. The smallest absolute Gasteiger partial charge is 0.411 e. The van der Waals surface area contributed by atoms with Crippen LogP contribution in [0.2, 0.25) is 0 Å². The predicted octanol–water partition coefficient (Wildman–Crippen LogP) is 20.3. The number of carboxylic acid groups (broad SMARTS) is 1. The second-order valence-corrected chi connectivity index (χ2v) is 32.4. The number of nitrogens with two attached hydrogens (primary N) is 2. The monoisotopic (exact) mass is 1760 g/mol. The quantitative estimate of drug-likeness (QED) is 0.0169. The van der Waals surface area contributed by atoms with Gasteiger partial charge >= 0.3 is 48.4 Å². The standard InChI is InChI=1S/C37H32F6O4.C33H26N2O5.C16H6O7.C15H18N2.CO2/c1-5-31(44)29-19-18-28(21-30(29)33(46)47)35(36(38,39)40,37(41,42)43)27-16-10-24(11-17-27)32(45)20-23-8-14-26(15-9-23)34(3,4)25-12-6-22(2)7-13-25;1-19-5-7-20(8-6-19)33(2,3)21-9-11-22(12-10-21)35-31(38)26-16-14-24(18-28(26)32(35)39)40-23-13-15-25-27(17-23)30(37)34(4)29(25)36;17-13-9-3-1-7(5-11(9)15(19)22-13)21-8-2-4-10-12(6-8)16(20)23-14(10)18;1-15(2,11-3-7-13(16)8-4-11)12-5-9-14(17)10-6-12;2-1-3/h6-19,21H,5,20H2,1-4H3,(H,46,47);5-18H,1-4H3;1-6H;3-10H,16-17H2,1-2H3;. The number of ketones is 2. The number of anilines is 3. The van der Waals surface area contributed by atoms with Crippen LogP contribution >= 0.6 is 0 Å². The molecule has 4 aliphatic rings. The number of cyclic esters (lactones) is 4. The number of ether oxygens (including phenoxy) is 4. The number of fused-ring (bicyclic) bond motifs is 4. The Kier molecular flexibility index (Phi) is 26.6. The number of halogens is 6. The summed E-state index contributed by atoms with van der Waals surface area (Å²) in [5.74, 6) is -6.36. The van der Waals surface area contributed by atoms with Crippen molar-refractivity contribution in [1.29, 1.82) is 0 Å². The zero-order valence-electron chi connectivity index (χ0n) is 71.4. The van der Waals surface area contributed by atoms with E-state index in [0.29, 0.717) is 52.6 Å². The average molecular weight is 1770 g/mol. The van der Waals surface area contributed by atoms with E-state index in [1.165, 1.54) is 89.7 Å². The van der Waals surface area contributed by atoms with E-state index < -0.39 is 99.2 Å². The molecule has 660 valence electrons. The molecule has 0 bridgehead atoms. The molecule has 4 heterocycles. The molecule has 28 heteroatoms. The Hall–Kier alpha value is -15.8. The lowest BCUT2D eigenvalue weighted by molar-refractivity contribution is -0.288. The Morgan fingerprint density at radius 3 is 1.08 bits per heavy atom. The highest BCUT2D eigenvalue weighted by atomic mass is 19.4. The molecule has 0 unspecified atom stereocenters. The van der Waals surface area contributed by atoms with Gasteiger partial charge in [0.25, 0.3) is 23.6 Å².